The van der Waals surface area contributed by atoms with Gasteiger partial charge in [0.05, 0.1) is 0 Å². The SMILES string of the molecule is C=C(C)CN1CCC2(CC1)CN(C(=O)C1=COC(Cc3ccccc3)O1)c1ccccc12. The molecule has 1 unspecified atom stereocenters. The number of rotatable bonds is 5. The molecule has 3 aliphatic heterocycles. The van der Waals surface area contributed by atoms with Gasteiger partial charge in [0.2, 0.25) is 12.0 Å². The number of benzene rings is 2. The fraction of sp³-hybridized carbons (Fsp3) is 0.370. The van der Waals surface area contributed by atoms with Gasteiger partial charge in [0.15, 0.2) is 0 Å². The highest BCUT2D eigenvalue weighted by atomic mass is 16.7. The number of nitrogens with zero attached hydrogens (tertiary/aromatic N) is 2. The summed E-state index contributed by atoms with van der Waals surface area (Å²) in [6, 6.07) is 18.4. The van der Waals surface area contributed by atoms with E-state index < -0.39 is 6.29 Å². The molecule has 5 rings (SSSR count). The van der Waals surface area contributed by atoms with Gasteiger partial charge >= 0.3 is 0 Å². The average molecular weight is 431 g/mol. The highest BCUT2D eigenvalue weighted by molar-refractivity contribution is 6.06. The second-order valence-electron chi connectivity index (χ2n) is 9.28. The van der Waals surface area contributed by atoms with Crippen LogP contribution in [-0.4, -0.2) is 43.3 Å². The minimum absolute atomic E-state index is 0.00128. The van der Waals surface area contributed by atoms with E-state index in [1.165, 1.54) is 17.4 Å². The average Bonchev–Trinajstić information content (AvgIpc) is 3.39. The van der Waals surface area contributed by atoms with Crippen LogP contribution in [0.25, 0.3) is 0 Å². The normalized spacial score (nSPS) is 21.6. The Labute approximate surface area is 189 Å². The van der Waals surface area contributed by atoms with Gasteiger partial charge in [-0.3, -0.25) is 9.69 Å². The molecule has 1 atom stereocenters. The number of amides is 1. The van der Waals surface area contributed by atoms with Crippen LogP contribution in [0, 0.1) is 0 Å². The van der Waals surface area contributed by atoms with Crippen molar-refractivity contribution in [2.75, 3.05) is 31.1 Å². The fourth-order valence-electron chi connectivity index (χ4n) is 5.23. The zero-order chi connectivity index (χ0) is 22.1. The summed E-state index contributed by atoms with van der Waals surface area (Å²) in [6.07, 6.45) is 3.70. The first kappa shape index (κ1) is 20.8. The standard InChI is InChI=1S/C27H30N2O3/c1-20(2)17-28-14-12-27(13-15-28)19-29(23-11-7-6-10-22(23)27)26(30)24-18-31-25(32-24)16-21-8-4-3-5-9-21/h3-11,18,25H,1,12-17,19H2,2H3. The lowest BCUT2D eigenvalue weighted by atomic mass is 9.74. The molecule has 1 amide bonds. The van der Waals surface area contributed by atoms with Crippen LogP contribution in [0.1, 0.15) is 30.9 Å². The van der Waals surface area contributed by atoms with Gasteiger partial charge in [-0.2, -0.15) is 0 Å². The van der Waals surface area contributed by atoms with E-state index in [1.54, 1.807) is 0 Å². The van der Waals surface area contributed by atoms with Gasteiger partial charge in [-0.25, -0.2) is 0 Å². The lowest BCUT2D eigenvalue weighted by Crippen LogP contribution is -2.46. The van der Waals surface area contributed by atoms with Gasteiger partial charge in [-0.15, -0.1) is 0 Å². The van der Waals surface area contributed by atoms with E-state index in [-0.39, 0.29) is 17.1 Å². The molecule has 5 heteroatoms. The molecule has 0 aliphatic carbocycles. The zero-order valence-corrected chi connectivity index (χ0v) is 18.6. The topological polar surface area (TPSA) is 42.0 Å². The van der Waals surface area contributed by atoms with Crippen LogP contribution in [-0.2, 0) is 26.1 Å². The van der Waals surface area contributed by atoms with Gasteiger partial charge in [-0.05, 0) is 50.0 Å². The second kappa shape index (κ2) is 8.47. The summed E-state index contributed by atoms with van der Waals surface area (Å²) in [5.74, 6) is 0.173. The van der Waals surface area contributed by atoms with Crippen LogP contribution in [0.3, 0.4) is 0 Å². The van der Waals surface area contributed by atoms with Gasteiger partial charge in [-0.1, -0.05) is 60.7 Å². The highest BCUT2D eigenvalue weighted by Crippen LogP contribution is 2.47. The molecule has 3 heterocycles. The summed E-state index contributed by atoms with van der Waals surface area (Å²) >= 11 is 0. The van der Waals surface area contributed by atoms with Crippen molar-refractivity contribution in [3.63, 3.8) is 0 Å². The Morgan fingerprint density at radius 1 is 1.09 bits per heavy atom. The van der Waals surface area contributed by atoms with Crippen LogP contribution < -0.4 is 4.90 Å². The number of para-hydroxylation sites is 1. The maximum atomic E-state index is 13.5. The highest BCUT2D eigenvalue weighted by Gasteiger charge is 2.47. The molecule has 0 N–H and O–H groups in total. The van der Waals surface area contributed by atoms with E-state index in [4.69, 9.17) is 9.47 Å². The molecule has 2 aromatic rings. The number of ether oxygens (including phenoxy) is 2. The Morgan fingerprint density at radius 3 is 2.56 bits per heavy atom. The van der Waals surface area contributed by atoms with Crippen molar-refractivity contribution in [3.05, 3.63) is 89.9 Å². The smallest absolute Gasteiger partial charge is 0.296 e. The minimum Gasteiger partial charge on any atom is -0.458 e. The van der Waals surface area contributed by atoms with Crippen molar-refractivity contribution in [1.29, 1.82) is 0 Å². The summed E-state index contributed by atoms with van der Waals surface area (Å²) in [5, 5.41) is 0. The minimum atomic E-state index is -0.464. The number of piperidine rings is 1. The van der Waals surface area contributed by atoms with Crippen molar-refractivity contribution in [1.82, 2.24) is 4.90 Å². The van der Waals surface area contributed by atoms with Crippen LogP contribution in [0.4, 0.5) is 5.69 Å². The summed E-state index contributed by atoms with van der Waals surface area (Å²) in [7, 11) is 0. The monoisotopic (exact) mass is 430 g/mol. The molecule has 5 nitrogen and oxygen atoms in total. The Hall–Kier alpha value is -3.05. The van der Waals surface area contributed by atoms with Gasteiger partial charge in [0, 0.05) is 30.6 Å². The number of carbonyl (C=O) groups is 1. The Balaban J connectivity index is 1.30. The third-order valence-electron chi connectivity index (χ3n) is 6.82. The van der Waals surface area contributed by atoms with Gasteiger partial charge in [0.25, 0.3) is 5.91 Å². The molecule has 0 bridgehead atoms. The van der Waals surface area contributed by atoms with Gasteiger partial charge < -0.3 is 14.4 Å². The van der Waals surface area contributed by atoms with Crippen molar-refractivity contribution in [3.8, 4) is 0 Å². The molecule has 32 heavy (non-hydrogen) atoms. The largest absolute Gasteiger partial charge is 0.458 e. The number of hydrogen-bond acceptors (Lipinski definition) is 4. The first-order valence-corrected chi connectivity index (χ1v) is 11.4. The molecular formula is C27H30N2O3. The molecule has 3 aliphatic rings. The number of carbonyl (C=O) groups excluding carboxylic acids is 1. The van der Waals surface area contributed by atoms with Crippen LogP contribution in [0.5, 0.6) is 0 Å². The number of anilines is 1. The first-order valence-electron chi connectivity index (χ1n) is 11.4. The van der Waals surface area contributed by atoms with Crippen LogP contribution in [0.15, 0.2) is 78.8 Å². The Morgan fingerprint density at radius 2 is 1.81 bits per heavy atom. The van der Waals surface area contributed by atoms with Crippen LogP contribution in [0.2, 0.25) is 0 Å². The molecule has 166 valence electrons. The maximum absolute atomic E-state index is 13.5. The van der Waals surface area contributed by atoms with Crippen molar-refractivity contribution in [2.45, 2.75) is 37.9 Å². The number of hydrogen-bond donors (Lipinski definition) is 0. The van der Waals surface area contributed by atoms with E-state index >= 15 is 0 Å². The van der Waals surface area contributed by atoms with Crippen molar-refractivity contribution >= 4 is 11.6 Å². The predicted octanol–water partition coefficient (Wildman–Crippen LogP) is 4.40. The molecule has 2 aromatic carbocycles. The van der Waals surface area contributed by atoms with E-state index in [1.807, 2.05) is 41.3 Å². The molecule has 1 fully saturated rings. The third kappa shape index (κ3) is 3.93. The van der Waals surface area contributed by atoms with E-state index in [2.05, 4.69) is 36.6 Å². The summed E-state index contributed by atoms with van der Waals surface area (Å²) in [5.41, 5.74) is 4.60. The quantitative estimate of drug-likeness (QED) is 0.660. The molecular weight excluding hydrogens is 400 g/mol. The van der Waals surface area contributed by atoms with E-state index in [0.29, 0.717) is 13.0 Å². The second-order valence-corrected chi connectivity index (χ2v) is 9.28. The van der Waals surface area contributed by atoms with Crippen molar-refractivity contribution in [2.24, 2.45) is 0 Å². The first-order chi connectivity index (χ1) is 15.5. The summed E-state index contributed by atoms with van der Waals surface area (Å²) < 4.78 is 11.6. The molecule has 1 saturated heterocycles. The summed E-state index contributed by atoms with van der Waals surface area (Å²) in [4.78, 5) is 17.8. The lowest BCUT2D eigenvalue weighted by Gasteiger charge is -2.40. The fourth-order valence-corrected chi connectivity index (χ4v) is 5.23. The molecule has 0 saturated carbocycles. The Bertz CT molecular complexity index is 1040. The molecule has 0 radical (unpaired) electrons. The number of fused-ring (bicyclic) bond motifs is 2. The zero-order valence-electron chi connectivity index (χ0n) is 18.6. The van der Waals surface area contributed by atoms with E-state index in [9.17, 15) is 4.79 Å². The van der Waals surface area contributed by atoms with Gasteiger partial charge in [0.1, 0.15) is 6.26 Å². The molecule has 0 aromatic heterocycles. The summed E-state index contributed by atoms with van der Waals surface area (Å²) in [6.45, 7) is 9.81. The van der Waals surface area contributed by atoms with Crippen molar-refractivity contribution < 1.29 is 14.3 Å². The maximum Gasteiger partial charge on any atom is 0.296 e. The van der Waals surface area contributed by atoms with E-state index in [0.717, 1.165) is 43.7 Å². The lowest BCUT2D eigenvalue weighted by molar-refractivity contribution is -0.121. The third-order valence-corrected chi connectivity index (χ3v) is 6.82. The number of likely N-dealkylation sites (tertiary alicyclic amines) is 1. The Kier molecular flexibility index (Phi) is 5.51. The predicted molar refractivity (Wildman–Crippen MR) is 125 cm³/mol. The molecule has 1 spiro atoms. The van der Waals surface area contributed by atoms with Crippen LogP contribution >= 0.6 is 0 Å².